The van der Waals surface area contributed by atoms with Gasteiger partial charge in [-0.3, -0.25) is 4.52 Å². The maximum Gasteiger partial charge on any atom is 0.469 e. The Bertz CT molecular complexity index is 401. The normalized spacial score (nSPS) is 15.2. The van der Waals surface area contributed by atoms with Gasteiger partial charge in [-0.15, -0.1) is 0 Å². The molecular weight excluding hydrogens is 263 g/mol. The smallest absolute Gasteiger partial charge is 0.303 e. The van der Waals surface area contributed by atoms with Gasteiger partial charge < -0.3 is 9.79 Å². The van der Waals surface area contributed by atoms with Gasteiger partial charge in [0.05, 0.1) is 6.61 Å². The van der Waals surface area contributed by atoms with Crippen molar-refractivity contribution in [1.29, 1.82) is 0 Å². The molecule has 4 nitrogen and oxygen atoms in total. The van der Waals surface area contributed by atoms with Crippen molar-refractivity contribution in [3.05, 3.63) is 35.9 Å². The van der Waals surface area contributed by atoms with Gasteiger partial charge in [0.2, 0.25) is 0 Å². The fraction of sp³-hybridized carbons (Fsp3) is 0.571. The number of rotatable bonds is 8. The van der Waals surface area contributed by atoms with Crippen LogP contribution in [-0.4, -0.2) is 16.4 Å². The molecule has 0 amide bonds. The van der Waals surface area contributed by atoms with E-state index in [-0.39, 0.29) is 12.5 Å². The zero-order valence-corrected chi connectivity index (χ0v) is 12.4. The van der Waals surface area contributed by atoms with Gasteiger partial charge in [0, 0.05) is 0 Å². The lowest BCUT2D eigenvalue weighted by Crippen LogP contribution is -2.08. The van der Waals surface area contributed by atoms with Crippen LogP contribution in [0.4, 0.5) is 0 Å². The molecule has 0 aliphatic rings. The summed E-state index contributed by atoms with van der Waals surface area (Å²) in [5.74, 6) is 0.864. The van der Waals surface area contributed by atoms with Crippen LogP contribution in [-0.2, 0) is 9.09 Å². The molecule has 1 aromatic rings. The Hall–Kier alpha value is -0.670. The predicted octanol–water partition coefficient (Wildman–Crippen LogP) is 3.71. The second-order valence-corrected chi connectivity index (χ2v) is 6.21. The summed E-state index contributed by atoms with van der Waals surface area (Å²) in [5.41, 5.74) is 1.21. The molecule has 0 aromatic heterocycles. The van der Waals surface area contributed by atoms with E-state index in [1.165, 1.54) is 5.56 Å². The third-order valence-electron chi connectivity index (χ3n) is 3.38. The molecule has 1 aromatic carbocycles. The van der Waals surface area contributed by atoms with Crippen molar-refractivity contribution in [3.63, 3.8) is 0 Å². The molecule has 0 saturated heterocycles. The summed E-state index contributed by atoms with van der Waals surface area (Å²) in [6, 6.07) is 10.1. The molecule has 5 heteroatoms. The maximum absolute atomic E-state index is 10.7. The fourth-order valence-corrected chi connectivity index (χ4v) is 2.46. The summed E-state index contributed by atoms with van der Waals surface area (Å²) in [7, 11) is -4.35. The van der Waals surface area contributed by atoms with Crippen LogP contribution < -0.4 is 0 Å². The lowest BCUT2D eigenvalue weighted by Gasteiger charge is -2.21. The molecule has 108 valence electrons. The first kappa shape index (κ1) is 16.4. The van der Waals surface area contributed by atoms with Crippen molar-refractivity contribution in [3.8, 4) is 0 Å². The van der Waals surface area contributed by atoms with E-state index in [0.717, 1.165) is 12.8 Å². The molecule has 1 rings (SSSR count). The molecule has 0 aliphatic carbocycles. The first-order chi connectivity index (χ1) is 8.92. The number of phosphoric ester groups is 1. The standard InChI is InChI=1S/C14H23O4P/c1-3-12(2)11-14(9-10-18-19(15,16)17)13-7-5-4-6-8-13/h4-8,12,14H,3,9-11H2,1-2H3,(H2,15,16,17). The van der Waals surface area contributed by atoms with Crippen LogP contribution in [0, 0.1) is 5.92 Å². The Labute approximate surface area is 115 Å². The third-order valence-corrected chi connectivity index (χ3v) is 3.90. The van der Waals surface area contributed by atoms with E-state index in [1.54, 1.807) is 0 Å². The molecule has 0 bridgehead atoms. The minimum atomic E-state index is -4.35. The van der Waals surface area contributed by atoms with E-state index < -0.39 is 7.82 Å². The van der Waals surface area contributed by atoms with E-state index in [9.17, 15) is 4.57 Å². The Morgan fingerprint density at radius 3 is 2.42 bits per heavy atom. The zero-order valence-electron chi connectivity index (χ0n) is 11.5. The number of hydrogen-bond acceptors (Lipinski definition) is 2. The first-order valence-corrected chi connectivity index (χ1v) is 8.20. The quantitative estimate of drug-likeness (QED) is 0.715. The van der Waals surface area contributed by atoms with Crippen LogP contribution in [0.3, 0.4) is 0 Å². The van der Waals surface area contributed by atoms with Gasteiger partial charge in [0.1, 0.15) is 0 Å². The second-order valence-electron chi connectivity index (χ2n) is 4.97. The van der Waals surface area contributed by atoms with Gasteiger partial charge >= 0.3 is 7.82 Å². The van der Waals surface area contributed by atoms with E-state index in [4.69, 9.17) is 9.79 Å². The number of hydrogen-bond donors (Lipinski definition) is 2. The van der Waals surface area contributed by atoms with E-state index in [1.807, 2.05) is 18.2 Å². The van der Waals surface area contributed by atoms with E-state index in [0.29, 0.717) is 12.3 Å². The molecular formula is C14H23O4P. The number of benzene rings is 1. The largest absolute Gasteiger partial charge is 0.469 e. The summed E-state index contributed by atoms with van der Waals surface area (Å²) in [5, 5.41) is 0. The summed E-state index contributed by atoms with van der Waals surface area (Å²) in [6.45, 7) is 4.43. The van der Waals surface area contributed by atoms with Crippen molar-refractivity contribution in [1.82, 2.24) is 0 Å². The Balaban J connectivity index is 2.62. The van der Waals surface area contributed by atoms with Crippen molar-refractivity contribution in [2.24, 2.45) is 5.92 Å². The highest BCUT2D eigenvalue weighted by Gasteiger charge is 2.18. The molecule has 0 heterocycles. The topological polar surface area (TPSA) is 66.8 Å². The summed E-state index contributed by atoms with van der Waals surface area (Å²) in [4.78, 5) is 17.4. The van der Waals surface area contributed by atoms with Gasteiger partial charge in [-0.25, -0.2) is 4.57 Å². The van der Waals surface area contributed by atoms with Crippen LogP contribution in [0.25, 0.3) is 0 Å². The molecule has 2 atom stereocenters. The van der Waals surface area contributed by atoms with Crippen molar-refractivity contribution >= 4 is 7.82 Å². The summed E-state index contributed by atoms with van der Waals surface area (Å²) >= 11 is 0. The highest BCUT2D eigenvalue weighted by molar-refractivity contribution is 7.46. The molecule has 0 saturated carbocycles. The molecule has 2 unspecified atom stereocenters. The SMILES string of the molecule is CCC(C)CC(CCOP(=O)(O)O)c1ccccc1. The van der Waals surface area contributed by atoms with E-state index >= 15 is 0 Å². The third kappa shape index (κ3) is 6.88. The monoisotopic (exact) mass is 286 g/mol. The minimum Gasteiger partial charge on any atom is -0.303 e. The number of phosphoric acid groups is 1. The first-order valence-electron chi connectivity index (χ1n) is 6.67. The van der Waals surface area contributed by atoms with Crippen LogP contribution in [0.5, 0.6) is 0 Å². The van der Waals surface area contributed by atoms with Crippen LogP contribution in [0.1, 0.15) is 44.6 Å². The lowest BCUT2D eigenvalue weighted by atomic mass is 9.86. The van der Waals surface area contributed by atoms with Gasteiger partial charge in [0.25, 0.3) is 0 Å². The Morgan fingerprint density at radius 1 is 1.26 bits per heavy atom. The molecule has 0 aliphatic heterocycles. The molecule has 19 heavy (non-hydrogen) atoms. The van der Waals surface area contributed by atoms with Gasteiger partial charge in [-0.1, -0.05) is 50.6 Å². The average Bonchev–Trinajstić information content (AvgIpc) is 2.37. The van der Waals surface area contributed by atoms with Crippen LogP contribution in [0.15, 0.2) is 30.3 Å². The average molecular weight is 286 g/mol. The molecule has 2 N–H and O–H groups in total. The summed E-state index contributed by atoms with van der Waals surface area (Å²) in [6.07, 6.45) is 2.73. The van der Waals surface area contributed by atoms with Gasteiger partial charge in [0.15, 0.2) is 0 Å². The van der Waals surface area contributed by atoms with Gasteiger partial charge in [-0.2, -0.15) is 0 Å². The minimum absolute atomic E-state index is 0.0836. The zero-order chi connectivity index (χ0) is 14.3. The Kier molecular flexibility index (Phi) is 6.73. The Morgan fingerprint density at radius 2 is 1.89 bits per heavy atom. The van der Waals surface area contributed by atoms with Crippen LogP contribution >= 0.6 is 7.82 Å². The highest BCUT2D eigenvalue weighted by atomic mass is 31.2. The highest BCUT2D eigenvalue weighted by Crippen LogP contribution is 2.37. The van der Waals surface area contributed by atoms with Crippen LogP contribution in [0.2, 0.25) is 0 Å². The maximum atomic E-state index is 10.7. The summed E-state index contributed by atoms with van der Waals surface area (Å²) < 4.78 is 15.3. The predicted molar refractivity (Wildman–Crippen MR) is 75.9 cm³/mol. The molecule has 0 spiro atoms. The molecule has 0 fully saturated rings. The van der Waals surface area contributed by atoms with E-state index in [2.05, 4.69) is 30.5 Å². The van der Waals surface area contributed by atoms with Gasteiger partial charge in [-0.05, 0) is 30.2 Å². The van der Waals surface area contributed by atoms with Crippen molar-refractivity contribution in [2.45, 2.75) is 39.0 Å². The van der Waals surface area contributed by atoms with Crippen molar-refractivity contribution < 1.29 is 18.9 Å². The fourth-order valence-electron chi connectivity index (χ4n) is 2.11. The lowest BCUT2D eigenvalue weighted by molar-refractivity contribution is 0.188. The second kappa shape index (κ2) is 7.81. The molecule has 0 radical (unpaired) electrons. The van der Waals surface area contributed by atoms with Crippen molar-refractivity contribution in [2.75, 3.05) is 6.61 Å².